The van der Waals surface area contributed by atoms with Crippen LogP contribution >= 0.6 is 23.4 Å². The standard InChI is InChI=1S/C14H17ClO2S/c15-12-7-10(8-14(16)4-5-14)1-2-13(12)17-11-3-6-18-9-11/h1-2,7,11,16H,3-6,8-9H2. The van der Waals surface area contributed by atoms with Crippen molar-refractivity contribution in [3.05, 3.63) is 28.8 Å². The third kappa shape index (κ3) is 2.95. The van der Waals surface area contributed by atoms with Gasteiger partial charge in [0.1, 0.15) is 11.9 Å². The summed E-state index contributed by atoms with van der Waals surface area (Å²) in [6.45, 7) is 0. The van der Waals surface area contributed by atoms with Gasteiger partial charge in [-0.3, -0.25) is 0 Å². The summed E-state index contributed by atoms with van der Waals surface area (Å²) in [7, 11) is 0. The van der Waals surface area contributed by atoms with E-state index in [2.05, 4.69) is 0 Å². The highest BCUT2D eigenvalue weighted by Crippen LogP contribution is 2.39. The van der Waals surface area contributed by atoms with Crippen LogP contribution in [0.5, 0.6) is 5.75 Å². The van der Waals surface area contributed by atoms with E-state index >= 15 is 0 Å². The quantitative estimate of drug-likeness (QED) is 0.920. The number of hydrogen-bond acceptors (Lipinski definition) is 3. The lowest BCUT2D eigenvalue weighted by molar-refractivity contribution is 0.151. The first-order valence-corrected chi connectivity index (χ1v) is 7.93. The molecule has 3 rings (SSSR count). The Morgan fingerprint density at radius 2 is 2.28 bits per heavy atom. The SMILES string of the molecule is OC1(Cc2ccc(OC3CCSC3)c(Cl)c2)CC1. The van der Waals surface area contributed by atoms with Gasteiger partial charge in [0.2, 0.25) is 0 Å². The third-order valence-corrected chi connectivity index (χ3v) is 4.97. The maximum absolute atomic E-state index is 9.90. The third-order valence-electron chi connectivity index (χ3n) is 3.54. The van der Waals surface area contributed by atoms with Gasteiger partial charge in [0, 0.05) is 12.2 Å². The van der Waals surface area contributed by atoms with Crippen molar-refractivity contribution in [3.8, 4) is 5.75 Å². The largest absolute Gasteiger partial charge is 0.488 e. The molecular weight excluding hydrogens is 268 g/mol. The number of hydrogen-bond donors (Lipinski definition) is 1. The van der Waals surface area contributed by atoms with Gasteiger partial charge in [-0.15, -0.1) is 0 Å². The van der Waals surface area contributed by atoms with Crippen LogP contribution in [0.25, 0.3) is 0 Å². The van der Waals surface area contributed by atoms with Crippen molar-refractivity contribution in [1.82, 2.24) is 0 Å². The van der Waals surface area contributed by atoms with Gasteiger partial charge in [0.15, 0.2) is 0 Å². The Balaban J connectivity index is 1.68. The average molecular weight is 285 g/mol. The molecule has 1 aliphatic carbocycles. The molecule has 1 N–H and O–H groups in total. The number of aliphatic hydroxyl groups is 1. The molecule has 0 radical (unpaired) electrons. The van der Waals surface area contributed by atoms with Crippen molar-refractivity contribution in [2.45, 2.75) is 37.4 Å². The van der Waals surface area contributed by atoms with Gasteiger partial charge in [0.05, 0.1) is 10.6 Å². The van der Waals surface area contributed by atoms with Gasteiger partial charge in [-0.05, 0) is 42.7 Å². The fourth-order valence-electron chi connectivity index (χ4n) is 2.24. The lowest BCUT2D eigenvalue weighted by atomic mass is 10.1. The fourth-order valence-corrected chi connectivity index (χ4v) is 3.58. The fraction of sp³-hybridized carbons (Fsp3) is 0.571. The zero-order valence-electron chi connectivity index (χ0n) is 10.2. The predicted molar refractivity (Wildman–Crippen MR) is 75.7 cm³/mol. The van der Waals surface area contributed by atoms with Crippen LogP contribution in [0, 0.1) is 0 Å². The molecule has 1 saturated carbocycles. The maximum Gasteiger partial charge on any atom is 0.138 e. The smallest absolute Gasteiger partial charge is 0.138 e. The van der Waals surface area contributed by atoms with Gasteiger partial charge in [-0.25, -0.2) is 0 Å². The summed E-state index contributed by atoms with van der Waals surface area (Å²) in [4.78, 5) is 0. The summed E-state index contributed by atoms with van der Waals surface area (Å²) in [6.07, 6.45) is 3.91. The first kappa shape index (κ1) is 12.6. The van der Waals surface area contributed by atoms with Gasteiger partial charge in [-0.2, -0.15) is 11.8 Å². The van der Waals surface area contributed by atoms with E-state index in [9.17, 15) is 5.11 Å². The molecule has 0 amide bonds. The Kier molecular flexibility index (Phi) is 3.48. The van der Waals surface area contributed by atoms with E-state index in [1.165, 1.54) is 5.75 Å². The van der Waals surface area contributed by atoms with E-state index in [0.29, 0.717) is 17.5 Å². The summed E-state index contributed by atoms with van der Waals surface area (Å²) < 4.78 is 5.89. The molecule has 0 aromatic heterocycles. The van der Waals surface area contributed by atoms with Crippen molar-refractivity contribution >= 4 is 23.4 Å². The predicted octanol–water partition coefficient (Wildman–Crippen LogP) is 3.29. The van der Waals surface area contributed by atoms with Crippen LogP contribution in [-0.2, 0) is 6.42 Å². The summed E-state index contributed by atoms with van der Waals surface area (Å²) in [5.41, 5.74) is 0.626. The molecule has 4 heteroatoms. The molecular formula is C14H17ClO2S. The molecule has 1 atom stereocenters. The molecule has 2 nitrogen and oxygen atoms in total. The molecule has 1 aromatic rings. The molecule has 1 heterocycles. The molecule has 2 aliphatic rings. The molecule has 98 valence electrons. The van der Waals surface area contributed by atoms with Crippen LogP contribution in [0.4, 0.5) is 0 Å². The van der Waals surface area contributed by atoms with Crippen LogP contribution in [0.1, 0.15) is 24.8 Å². The molecule has 1 saturated heterocycles. The Hall–Kier alpha value is -0.380. The minimum Gasteiger partial charge on any atom is -0.488 e. The second-order valence-corrected chi connectivity index (χ2v) is 6.83. The van der Waals surface area contributed by atoms with E-state index in [4.69, 9.17) is 16.3 Å². The number of thioether (sulfide) groups is 1. The summed E-state index contributed by atoms with van der Waals surface area (Å²) >= 11 is 8.17. The van der Waals surface area contributed by atoms with Gasteiger partial charge >= 0.3 is 0 Å². The minimum absolute atomic E-state index is 0.297. The second kappa shape index (κ2) is 4.95. The first-order chi connectivity index (χ1) is 8.65. The highest BCUT2D eigenvalue weighted by atomic mass is 35.5. The topological polar surface area (TPSA) is 29.5 Å². The van der Waals surface area contributed by atoms with Gasteiger partial charge in [0.25, 0.3) is 0 Å². The van der Waals surface area contributed by atoms with E-state index in [-0.39, 0.29) is 0 Å². The van der Waals surface area contributed by atoms with Crippen LogP contribution in [-0.4, -0.2) is 28.3 Å². The van der Waals surface area contributed by atoms with Crippen molar-refractivity contribution in [1.29, 1.82) is 0 Å². The molecule has 1 aromatic carbocycles. The molecule has 0 bridgehead atoms. The molecule has 1 unspecified atom stereocenters. The Morgan fingerprint density at radius 1 is 1.44 bits per heavy atom. The van der Waals surface area contributed by atoms with Crippen molar-refractivity contribution in [2.75, 3.05) is 11.5 Å². The number of benzene rings is 1. The normalized spacial score (nSPS) is 25.1. The average Bonchev–Trinajstić information content (AvgIpc) is 2.86. The number of rotatable bonds is 4. The number of halogens is 1. The van der Waals surface area contributed by atoms with E-state index in [0.717, 1.165) is 36.3 Å². The van der Waals surface area contributed by atoms with Crippen LogP contribution in [0.3, 0.4) is 0 Å². The molecule has 18 heavy (non-hydrogen) atoms. The van der Waals surface area contributed by atoms with Crippen LogP contribution < -0.4 is 4.74 Å². The summed E-state index contributed by atoms with van der Waals surface area (Å²) in [6, 6.07) is 5.88. The minimum atomic E-state index is -0.464. The molecule has 2 fully saturated rings. The summed E-state index contributed by atoms with van der Waals surface area (Å²) in [5.74, 6) is 3.00. The lowest BCUT2D eigenvalue weighted by Gasteiger charge is -2.15. The first-order valence-electron chi connectivity index (χ1n) is 6.40. The second-order valence-electron chi connectivity index (χ2n) is 5.27. The molecule has 1 aliphatic heterocycles. The lowest BCUT2D eigenvalue weighted by Crippen LogP contribution is -2.15. The zero-order chi connectivity index (χ0) is 12.6. The van der Waals surface area contributed by atoms with E-state index < -0.39 is 5.60 Å². The van der Waals surface area contributed by atoms with Crippen molar-refractivity contribution < 1.29 is 9.84 Å². The Morgan fingerprint density at radius 3 is 2.89 bits per heavy atom. The van der Waals surface area contributed by atoms with Gasteiger partial charge < -0.3 is 9.84 Å². The van der Waals surface area contributed by atoms with E-state index in [1.54, 1.807) is 0 Å². The van der Waals surface area contributed by atoms with Gasteiger partial charge in [-0.1, -0.05) is 17.7 Å². The zero-order valence-corrected chi connectivity index (χ0v) is 11.8. The van der Waals surface area contributed by atoms with E-state index in [1.807, 2.05) is 30.0 Å². The van der Waals surface area contributed by atoms with Crippen molar-refractivity contribution in [3.63, 3.8) is 0 Å². The molecule has 0 spiro atoms. The highest BCUT2D eigenvalue weighted by molar-refractivity contribution is 7.99. The highest BCUT2D eigenvalue weighted by Gasteiger charge is 2.40. The van der Waals surface area contributed by atoms with Crippen LogP contribution in [0.15, 0.2) is 18.2 Å². The monoisotopic (exact) mass is 284 g/mol. The van der Waals surface area contributed by atoms with Crippen molar-refractivity contribution in [2.24, 2.45) is 0 Å². The Bertz CT molecular complexity index is 439. The maximum atomic E-state index is 9.90. The number of ether oxygens (including phenoxy) is 1. The Labute approximate surface area is 117 Å². The summed E-state index contributed by atoms with van der Waals surface area (Å²) in [5, 5.41) is 10.6. The van der Waals surface area contributed by atoms with Crippen LogP contribution in [0.2, 0.25) is 5.02 Å².